The number of aromatic nitrogens is 3. The van der Waals surface area contributed by atoms with Crippen molar-refractivity contribution in [1.29, 1.82) is 0 Å². The molecule has 2 heterocycles. The van der Waals surface area contributed by atoms with E-state index in [4.69, 9.17) is 0 Å². The molecule has 0 fully saturated rings. The normalized spacial score (nSPS) is 11.2. The monoisotopic (exact) mass is 179 g/mol. The summed E-state index contributed by atoms with van der Waals surface area (Å²) < 4.78 is 3.83. The second kappa shape index (κ2) is 2.79. The Kier molecular flexibility index (Phi) is 1.77. The first-order valence-corrected chi connectivity index (χ1v) is 4.62. The molecule has 0 saturated heterocycles. The van der Waals surface area contributed by atoms with Crippen LogP contribution in [0.15, 0.2) is 12.3 Å². The van der Waals surface area contributed by atoms with Gasteiger partial charge in [-0.1, -0.05) is 18.3 Å². The van der Waals surface area contributed by atoms with Crippen LogP contribution in [0.1, 0.15) is 25.3 Å². The summed E-state index contributed by atoms with van der Waals surface area (Å²) in [7, 11) is 0. The van der Waals surface area contributed by atoms with Crippen LogP contribution in [-0.4, -0.2) is 14.6 Å². The van der Waals surface area contributed by atoms with Crippen molar-refractivity contribution in [2.45, 2.75) is 19.8 Å². The second-order valence-corrected chi connectivity index (χ2v) is 3.75. The number of nitrogens with zero attached hydrogens (tertiary/aromatic N) is 3. The predicted octanol–water partition coefficient (Wildman–Crippen LogP) is 2.21. The molecule has 0 unspecified atom stereocenters. The lowest BCUT2D eigenvalue weighted by Crippen LogP contribution is -1.87. The van der Waals surface area contributed by atoms with E-state index >= 15 is 0 Å². The van der Waals surface area contributed by atoms with E-state index in [-0.39, 0.29) is 0 Å². The summed E-state index contributed by atoms with van der Waals surface area (Å²) in [6, 6.07) is 2.05. The molecule has 2 aromatic heterocycles. The van der Waals surface area contributed by atoms with Crippen LogP contribution in [0.2, 0.25) is 0 Å². The second-order valence-electron chi connectivity index (χ2n) is 3.02. The maximum absolute atomic E-state index is 4.26. The van der Waals surface area contributed by atoms with Crippen LogP contribution in [0, 0.1) is 0 Å². The Hall–Kier alpha value is -1.03. The van der Waals surface area contributed by atoms with Gasteiger partial charge in [-0.3, -0.25) is 0 Å². The average Bonchev–Trinajstić information content (AvgIpc) is 2.49. The van der Waals surface area contributed by atoms with Crippen molar-refractivity contribution in [3.8, 4) is 0 Å². The van der Waals surface area contributed by atoms with Crippen molar-refractivity contribution >= 4 is 21.9 Å². The third-order valence-electron chi connectivity index (χ3n) is 1.80. The minimum atomic E-state index is 0.503. The molecule has 0 amide bonds. The molecular formula is C8H9N3S. The summed E-state index contributed by atoms with van der Waals surface area (Å²) >= 11 is 1.34. The van der Waals surface area contributed by atoms with Gasteiger partial charge in [-0.05, 0) is 17.5 Å². The van der Waals surface area contributed by atoms with Crippen molar-refractivity contribution < 1.29 is 0 Å². The van der Waals surface area contributed by atoms with Gasteiger partial charge in [-0.2, -0.15) is 0 Å². The fourth-order valence-corrected chi connectivity index (χ4v) is 1.52. The molecule has 0 radical (unpaired) electrons. The van der Waals surface area contributed by atoms with Gasteiger partial charge in [-0.25, -0.2) is 4.98 Å². The van der Waals surface area contributed by atoms with Gasteiger partial charge >= 0.3 is 0 Å². The van der Waals surface area contributed by atoms with Crippen molar-refractivity contribution in [2.24, 2.45) is 0 Å². The molecule has 0 aliphatic carbocycles. The summed E-state index contributed by atoms with van der Waals surface area (Å²) in [5, 5.41) is 3.97. The van der Waals surface area contributed by atoms with E-state index in [0.717, 1.165) is 10.3 Å². The average molecular weight is 179 g/mol. The van der Waals surface area contributed by atoms with E-state index in [9.17, 15) is 0 Å². The smallest absolute Gasteiger partial charge is 0.163 e. The lowest BCUT2D eigenvalue weighted by Gasteiger charge is -2.01. The zero-order chi connectivity index (χ0) is 8.55. The molecule has 0 atom stereocenters. The Morgan fingerprint density at radius 1 is 1.42 bits per heavy atom. The summed E-state index contributed by atoms with van der Waals surface area (Å²) in [6.45, 7) is 4.28. The SMILES string of the molecule is CC(C)c1cnc2snnc2c1. The van der Waals surface area contributed by atoms with Crippen molar-refractivity contribution in [2.75, 3.05) is 0 Å². The number of pyridine rings is 1. The topological polar surface area (TPSA) is 38.7 Å². The van der Waals surface area contributed by atoms with Gasteiger partial charge in [0.2, 0.25) is 0 Å². The molecule has 0 saturated carbocycles. The zero-order valence-corrected chi connectivity index (χ0v) is 7.80. The summed E-state index contributed by atoms with van der Waals surface area (Å²) in [6.07, 6.45) is 1.90. The molecule has 12 heavy (non-hydrogen) atoms. The standard InChI is InChI=1S/C8H9N3S/c1-5(2)6-3-7-8(9-4-6)12-11-10-7/h3-5H,1-2H3. The zero-order valence-electron chi connectivity index (χ0n) is 6.98. The van der Waals surface area contributed by atoms with Crippen LogP contribution in [0.4, 0.5) is 0 Å². The van der Waals surface area contributed by atoms with Crippen LogP contribution < -0.4 is 0 Å². The lowest BCUT2D eigenvalue weighted by molar-refractivity contribution is 0.861. The summed E-state index contributed by atoms with van der Waals surface area (Å²) in [5.41, 5.74) is 2.13. The van der Waals surface area contributed by atoms with E-state index in [0.29, 0.717) is 5.92 Å². The molecule has 0 spiro atoms. The minimum Gasteiger partial charge on any atom is -0.242 e. The highest BCUT2D eigenvalue weighted by molar-refractivity contribution is 7.12. The minimum absolute atomic E-state index is 0.503. The fourth-order valence-electron chi connectivity index (χ4n) is 1.02. The Balaban J connectivity index is 2.60. The summed E-state index contributed by atoms with van der Waals surface area (Å²) in [4.78, 5) is 5.17. The number of hydrogen-bond acceptors (Lipinski definition) is 4. The molecule has 4 heteroatoms. The Morgan fingerprint density at radius 3 is 3.00 bits per heavy atom. The Morgan fingerprint density at radius 2 is 2.25 bits per heavy atom. The molecule has 0 aliphatic rings. The Bertz CT molecular complexity index is 394. The van der Waals surface area contributed by atoms with E-state index in [1.165, 1.54) is 17.1 Å². The van der Waals surface area contributed by atoms with E-state index < -0.39 is 0 Å². The van der Waals surface area contributed by atoms with Crippen LogP contribution in [-0.2, 0) is 0 Å². The first-order chi connectivity index (χ1) is 5.77. The molecule has 0 aromatic carbocycles. The molecule has 0 aliphatic heterocycles. The van der Waals surface area contributed by atoms with Gasteiger partial charge in [0.1, 0.15) is 5.52 Å². The Labute approximate surface area is 74.6 Å². The highest BCUT2D eigenvalue weighted by atomic mass is 32.1. The highest BCUT2D eigenvalue weighted by Gasteiger charge is 2.03. The van der Waals surface area contributed by atoms with E-state index in [1.807, 2.05) is 6.20 Å². The van der Waals surface area contributed by atoms with Gasteiger partial charge in [0.05, 0.1) is 0 Å². The predicted molar refractivity (Wildman–Crippen MR) is 49.3 cm³/mol. The van der Waals surface area contributed by atoms with E-state index in [2.05, 4.69) is 34.5 Å². The molecule has 0 bridgehead atoms. The molecule has 2 aromatic rings. The van der Waals surface area contributed by atoms with Crippen LogP contribution in [0.3, 0.4) is 0 Å². The van der Waals surface area contributed by atoms with Crippen molar-refractivity contribution in [3.63, 3.8) is 0 Å². The number of rotatable bonds is 1. The maximum atomic E-state index is 4.26. The van der Waals surface area contributed by atoms with Gasteiger partial charge in [0.15, 0.2) is 4.83 Å². The van der Waals surface area contributed by atoms with Crippen LogP contribution in [0.5, 0.6) is 0 Å². The molecular weight excluding hydrogens is 170 g/mol. The molecule has 3 nitrogen and oxygen atoms in total. The first-order valence-electron chi connectivity index (χ1n) is 3.85. The fraction of sp³-hybridized carbons (Fsp3) is 0.375. The van der Waals surface area contributed by atoms with Gasteiger partial charge in [-0.15, -0.1) is 5.10 Å². The van der Waals surface area contributed by atoms with Crippen LogP contribution in [0.25, 0.3) is 10.3 Å². The molecule has 62 valence electrons. The lowest BCUT2D eigenvalue weighted by atomic mass is 10.1. The van der Waals surface area contributed by atoms with Gasteiger partial charge < -0.3 is 0 Å². The number of fused-ring (bicyclic) bond motifs is 1. The molecule has 0 N–H and O–H groups in total. The summed E-state index contributed by atoms with van der Waals surface area (Å²) in [5.74, 6) is 0.503. The first kappa shape index (κ1) is 7.61. The van der Waals surface area contributed by atoms with Gasteiger partial charge in [0, 0.05) is 17.7 Å². The van der Waals surface area contributed by atoms with E-state index in [1.54, 1.807) is 0 Å². The third-order valence-corrected chi connectivity index (χ3v) is 2.45. The van der Waals surface area contributed by atoms with Crippen molar-refractivity contribution in [3.05, 3.63) is 17.8 Å². The van der Waals surface area contributed by atoms with Crippen LogP contribution >= 0.6 is 11.5 Å². The maximum Gasteiger partial charge on any atom is 0.163 e. The highest BCUT2D eigenvalue weighted by Crippen LogP contribution is 2.18. The number of hydrogen-bond donors (Lipinski definition) is 0. The van der Waals surface area contributed by atoms with Crippen molar-refractivity contribution in [1.82, 2.24) is 14.6 Å². The quantitative estimate of drug-likeness (QED) is 0.673. The molecule has 2 rings (SSSR count). The third kappa shape index (κ3) is 1.18. The van der Waals surface area contributed by atoms with Gasteiger partial charge in [0.25, 0.3) is 0 Å². The largest absolute Gasteiger partial charge is 0.242 e.